The Kier molecular flexibility index (Phi) is 5.31. The summed E-state index contributed by atoms with van der Waals surface area (Å²) in [5.74, 6) is 1.67. The van der Waals surface area contributed by atoms with Gasteiger partial charge in [0.25, 0.3) is 11.2 Å². The van der Waals surface area contributed by atoms with Crippen molar-refractivity contribution in [2.45, 2.75) is 13.0 Å². The third-order valence-electron chi connectivity index (χ3n) is 5.25. The Hall–Kier alpha value is -4.47. The topological polar surface area (TPSA) is 132 Å². The van der Waals surface area contributed by atoms with Gasteiger partial charge < -0.3 is 14.8 Å². The minimum absolute atomic E-state index is 0.0599. The van der Waals surface area contributed by atoms with E-state index in [1.54, 1.807) is 18.2 Å². The summed E-state index contributed by atoms with van der Waals surface area (Å²) < 4.78 is 11.4. The summed E-state index contributed by atoms with van der Waals surface area (Å²) in [4.78, 5) is 35.0. The van der Waals surface area contributed by atoms with Crippen molar-refractivity contribution in [3.8, 4) is 22.6 Å². The number of pyridine rings is 1. The highest BCUT2D eigenvalue weighted by Crippen LogP contribution is 2.31. The summed E-state index contributed by atoms with van der Waals surface area (Å²) in [5, 5.41) is 14.5. The van der Waals surface area contributed by atoms with Crippen molar-refractivity contribution in [1.82, 2.24) is 15.0 Å². The Morgan fingerprint density at radius 2 is 1.94 bits per heavy atom. The summed E-state index contributed by atoms with van der Waals surface area (Å²) in [6.45, 7) is 1.62. The molecule has 0 amide bonds. The zero-order valence-corrected chi connectivity index (χ0v) is 17.4. The summed E-state index contributed by atoms with van der Waals surface area (Å²) in [7, 11) is 0. The van der Waals surface area contributed by atoms with E-state index in [0.29, 0.717) is 42.4 Å². The molecule has 10 nitrogen and oxygen atoms in total. The quantitative estimate of drug-likeness (QED) is 0.351. The van der Waals surface area contributed by atoms with E-state index in [2.05, 4.69) is 20.3 Å². The van der Waals surface area contributed by atoms with Crippen LogP contribution in [0.1, 0.15) is 12.0 Å². The Labute approximate surface area is 187 Å². The van der Waals surface area contributed by atoms with Gasteiger partial charge in [-0.15, -0.1) is 0 Å². The molecule has 0 aliphatic carbocycles. The first-order valence-corrected chi connectivity index (χ1v) is 10.3. The van der Waals surface area contributed by atoms with E-state index in [1.807, 2.05) is 18.2 Å². The van der Waals surface area contributed by atoms with Gasteiger partial charge in [-0.1, -0.05) is 18.2 Å². The van der Waals surface area contributed by atoms with Gasteiger partial charge in [0.05, 0.1) is 23.5 Å². The zero-order chi connectivity index (χ0) is 22.8. The van der Waals surface area contributed by atoms with E-state index in [4.69, 9.17) is 9.47 Å². The molecule has 0 saturated heterocycles. The van der Waals surface area contributed by atoms with E-state index in [1.165, 1.54) is 18.3 Å². The second-order valence-electron chi connectivity index (χ2n) is 7.46. The number of ether oxygens (including phenoxy) is 2. The fourth-order valence-electron chi connectivity index (χ4n) is 3.68. The number of aromatic amines is 1. The third-order valence-corrected chi connectivity index (χ3v) is 5.25. The van der Waals surface area contributed by atoms with Crippen molar-refractivity contribution in [2.75, 3.05) is 18.5 Å². The average Bonchev–Trinajstić information content (AvgIpc) is 3.07. The number of aromatic nitrogens is 3. The van der Waals surface area contributed by atoms with Crippen molar-refractivity contribution < 1.29 is 14.4 Å². The van der Waals surface area contributed by atoms with Crippen molar-refractivity contribution in [3.63, 3.8) is 0 Å². The van der Waals surface area contributed by atoms with Gasteiger partial charge in [0.1, 0.15) is 0 Å². The molecular formula is C23H19N5O5. The molecule has 0 radical (unpaired) electrons. The van der Waals surface area contributed by atoms with Crippen LogP contribution >= 0.6 is 0 Å². The molecule has 0 fully saturated rings. The standard InChI is InChI=1S/C23H19N5O5/c29-22-20-17(15-3-1-4-16(12-15)28(30)31)7-8-24-21(20)26-23(27-22)25-13-14-5-6-18-19(11-14)33-10-2-9-32-18/h1,3-8,11-12H,2,9-10,13H2,(H2,24,25,26,27,29). The number of rotatable bonds is 5. The lowest BCUT2D eigenvalue weighted by Gasteiger charge is -2.11. The molecule has 1 aliphatic heterocycles. The first-order chi connectivity index (χ1) is 16.1. The van der Waals surface area contributed by atoms with Crippen molar-refractivity contribution in [2.24, 2.45) is 0 Å². The highest BCUT2D eigenvalue weighted by molar-refractivity contribution is 5.92. The molecule has 2 N–H and O–H groups in total. The number of benzene rings is 2. The Morgan fingerprint density at radius 3 is 2.79 bits per heavy atom. The summed E-state index contributed by atoms with van der Waals surface area (Å²) >= 11 is 0. The molecule has 5 rings (SSSR count). The van der Waals surface area contributed by atoms with E-state index in [-0.39, 0.29) is 22.7 Å². The highest BCUT2D eigenvalue weighted by atomic mass is 16.6. The summed E-state index contributed by atoms with van der Waals surface area (Å²) in [5.41, 5.74) is 1.78. The minimum atomic E-state index is -0.475. The van der Waals surface area contributed by atoms with Gasteiger partial charge in [-0.05, 0) is 29.3 Å². The average molecular weight is 445 g/mol. The van der Waals surface area contributed by atoms with Crippen LogP contribution in [0, 0.1) is 10.1 Å². The molecule has 166 valence electrons. The van der Waals surface area contributed by atoms with E-state index in [0.717, 1.165) is 12.0 Å². The number of anilines is 1. The van der Waals surface area contributed by atoms with Crippen molar-refractivity contribution >= 4 is 22.7 Å². The van der Waals surface area contributed by atoms with Crippen LogP contribution in [-0.2, 0) is 6.54 Å². The highest BCUT2D eigenvalue weighted by Gasteiger charge is 2.15. The second-order valence-corrected chi connectivity index (χ2v) is 7.46. The number of nitro benzene ring substituents is 1. The van der Waals surface area contributed by atoms with Gasteiger partial charge in [-0.25, -0.2) is 4.98 Å². The van der Waals surface area contributed by atoms with Crippen molar-refractivity contribution in [3.05, 3.63) is 80.8 Å². The molecule has 2 aromatic heterocycles. The van der Waals surface area contributed by atoms with Crippen LogP contribution in [0.15, 0.2) is 59.5 Å². The molecule has 33 heavy (non-hydrogen) atoms. The molecule has 10 heteroatoms. The maximum Gasteiger partial charge on any atom is 0.270 e. The smallest absolute Gasteiger partial charge is 0.270 e. The molecule has 0 atom stereocenters. The maximum atomic E-state index is 12.9. The van der Waals surface area contributed by atoms with Gasteiger partial charge in [0.15, 0.2) is 17.1 Å². The Bertz CT molecular complexity index is 1420. The zero-order valence-electron chi connectivity index (χ0n) is 17.4. The van der Waals surface area contributed by atoms with Crippen LogP contribution in [-0.4, -0.2) is 33.1 Å². The van der Waals surface area contributed by atoms with Crippen LogP contribution in [0.4, 0.5) is 11.6 Å². The monoisotopic (exact) mass is 445 g/mol. The summed E-state index contributed by atoms with van der Waals surface area (Å²) in [6.07, 6.45) is 2.35. The lowest BCUT2D eigenvalue weighted by Crippen LogP contribution is -2.14. The Balaban J connectivity index is 1.44. The van der Waals surface area contributed by atoms with Crippen LogP contribution in [0.3, 0.4) is 0 Å². The maximum absolute atomic E-state index is 12.9. The number of hydrogen-bond acceptors (Lipinski definition) is 8. The lowest BCUT2D eigenvalue weighted by atomic mass is 10.0. The number of nitrogens with zero attached hydrogens (tertiary/aromatic N) is 3. The van der Waals surface area contributed by atoms with Crippen LogP contribution in [0.2, 0.25) is 0 Å². The number of nitro groups is 1. The van der Waals surface area contributed by atoms with Gasteiger partial charge in [0, 0.05) is 36.9 Å². The van der Waals surface area contributed by atoms with E-state index >= 15 is 0 Å². The molecule has 0 spiro atoms. The van der Waals surface area contributed by atoms with Crippen LogP contribution < -0.4 is 20.3 Å². The normalized spacial score (nSPS) is 12.8. The molecule has 2 aromatic carbocycles. The number of fused-ring (bicyclic) bond motifs is 2. The third kappa shape index (κ3) is 4.18. The van der Waals surface area contributed by atoms with Gasteiger partial charge >= 0.3 is 0 Å². The van der Waals surface area contributed by atoms with Crippen LogP contribution in [0.5, 0.6) is 11.5 Å². The van der Waals surface area contributed by atoms with Gasteiger partial charge in [-0.3, -0.25) is 19.9 Å². The molecule has 1 aliphatic rings. The fourth-order valence-corrected chi connectivity index (χ4v) is 3.68. The number of hydrogen-bond donors (Lipinski definition) is 2. The summed E-state index contributed by atoms with van der Waals surface area (Å²) in [6, 6.07) is 13.4. The van der Waals surface area contributed by atoms with E-state index < -0.39 is 10.5 Å². The first kappa shape index (κ1) is 20.4. The molecule has 0 bridgehead atoms. The Morgan fingerprint density at radius 1 is 1.09 bits per heavy atom. The molecule has 0 unspecified atom stereocenters. The lowest BCUT2D eigenvalue weighted by molar-refractivity contribution is -0.384. The van der Waals surface area contributed by atoms with Crippen molar-refractivity contribution in [1.29, 1.82) is 0 Å². The fraction of sp³-hybridized carbons (Fsp3) is 0.174. The van der Waals surface area contributed by atoms with Gasteiger partial charge in [0.2, 0.25) is 5.95 Å². The predicted octanol–water partition coefficient (Wildman–Crippen LogP) is 3.67. The SMILES string of the molecule is O=c1[nH]c(NCc2ccc3c(c2)OCCCO3)nc2nccc(-c3cccc([N+](=O)[O-])c3)c12. The number of nitrogens with one attached hydrogen (secondary N) is 2. The largest absolute Gasteiger partial charge is 0.490 e. The first-order valence-electron chi connectivity index (χ1n) is 10.3. The molecule has 0 saturated carbocycles. The van der Waals surface area contributed by atoms with E-state index in [9.17, 15) is 14.9 Å². The second kappa shape index (κ2) is 8.58. The molecular weight excluding hydrogens is 426 g/mol. The minimum Gasteiger partial charge on any atom is -0.490 e. The van der Waals surface area contributed by atoms with Gasteiger partial charge in [-0.2, -0.15) is 4.98 Å². The van der Waals surface area contributed by atoms with Crippen LogP contribution in [0.25, 0.3) is 22.2 Å². The number of non-ortho nitro benzene ring substituents is 1. The molecule has 4 aromatic rings. The predicted molar refractivity (Wildman–Crippen MR) is 122 cm³/mol. The molecule has 3 heterocycles. The number of H-pyrrole nitrogens is 1.